The van der Waals surface area contributed by atoms with Gasteiger partial charge in [0.1, 0.15) is 0 Å². The molecule has 0 radical (unpaired) electrons. The van der Waals surface area contributed by atoms with E-state index in [2.05, 4.69) is 51.2 Å². The first-order valence-corrected chi connectivity index (χ1v) is 7.40. The van der Waals surface area contributed by atoms with Crippen molar-refractivity contribution >= 4 is 27.3 Å². The summed E-state index contributed by atoms with van der Waals surface area (Å²) in [6.45, 7) is 2.04. The van der Waals surface area contributed by atoms with Crippen molar-refractivity contribution in [3.05, 3.63) is 58.1 Å². The van der Waals surface area contributed by atoms with E-state index in [0.29, 0.717) is 0 Å². The predicted molar refractivity (Wildman–Crippen MR) is 84.4 cm³/mol. The van der Waals surface area contributed by atoms with Crippen LogP contribution in [0, 0.1) is 0 Å². The van der Waals surface area contributed by atoms with Crippen LogP contribution in [0.15, 0.2) is 46.9 Å². The van der Waals surface area contributed by atoms with E-state index >= 15 is 0 Å². The van der Waals surface area contributed by atoms with Gasteiger partial charge >= 0.3 is 0 Å². The smallest absolute Gasteiger partial charge is 0.0429 e. The summed E-state index contributed by atoms with van der Waals surface area (Å²) in [5, 5.41) is 0. The van der Waals surface area contributed by atoms with Crippen molar-refractivity contribution < 1.29 is 0 Å². The highest BCUT2D eigenvalue weighted by molar-refractivity contribution is 9.10. The molecule has 2 nitrogen and oxygen atoms in total. The SMILES string of the molecule is Nc1cccc2c1CCCN2Cc1cccc(Br)c1. The lowest BCUT2D eigenvalue weighted by Crippen LogP contribution is -2.29. The zero-order chi connectivity index (χ0) is 13.2. The monoisotopic (exact) mass is 316 g/mol. The molecule has 0 saturated heterocycles. The van der Waals surface area contributed by atoms with E-state index < -0.39 is 0 Å². The molecule has 2 aromatic carbocycles. The zero-order valence-electron chi connectivity index (χ0n) is 10.8. The Bertz CT molecular complexity index is 595. The van der Waals surface area contributed by atoms with E-state index in [1.54, 1.807) is 0 Å². The summed E-state index contributed by atoms with van der Waals surface area (Å²) in [5.74, 6) is 0. The molecule has 0 spiro atoms. The van der Waals surface area contributed by atoms with Crippen molar-refractivity contribution in [1.82, 2.24) is 0 Å². The summed E-state index contributed by atoms with van der Waals surface area (Å²) in [6, 6.07) is 14.7. The van der Waals surface area contributed by atoms with Gasteiger partial charge in [0.2, 0.25) is 0 Å². The summed E-state index contributed by atoms with van der Waals surface area (Å²) in [5.41, 5.74) is 10.9. The van der Waals surface area contributed by atoms with Crippen molar-refractivity contribution in [3.63, 3.8) is 0 Å². The third kappa shape index (κ3) is 2.61. The molecule has 2 N–H and O–H groups in total. The second kappa shape index (κ2) is 5.25. The highest BCUT2D eigenvalue weighted by Gasteiger charge is 2.18. The first kappa shape index (κ1) is 12.5. The van der Waals surface area contributed by atoms with Gasteiger partial charge in [-0.1, -0.05) is 34.1 Å². The standard InChI is InChI=1S/C16H17BrN2/c17-13-5-1-4-12(10-13)11-19-9-3-6-14-15(18)7-2-8-16(14)19/h1-2,4-5,7-8,10H,3,6,9,11,18H2. The summed E-state index contributed by atoms with van der Waals surface area (Å²) in [6.07, 6.45) is 2.27. The fourth-order valence-electron chi connectivity index (χ4n) is 2.75. The fourth-order valence-corrected chi connectivity index (χ4v) is 3.19. The van der Waals surface area contributed by atoms with Crippen molar-refractivity contribution in [2.24, 2.45) is 0 Å². The second-order valence-corrected chi connectivity index (χ2v) is 5.92. The first-order chi connectivity index (χ1) is 9.24. The van der Waals surface area contributed by atoms with Gasteiger partial charge in [-0.15, -0.1) is 0 Å². The Morgan fingerprint density at radius 1 is 1.16 bits per heavy atom. The molecular weight excluding hydrogens is 300 g/mol. The highest BCUT2D eigenvalue weighted by Crippen LogP contribution is 2.32. The third-order valence-electron chi connectivity index (χ3n) is 3.65. The predicted octanol–water partition coefficient (Wildman–Crippen LogP) is 3.98. The van der Waals surface area contributed by atoms with Gasteiger partial charge < -0.3 is 10.6 Å². The normalized spacial score (nSPS) is 14.3. The average Bonchev–Trinajstić information content (AvgIpc) is 2.40. The van der Waals surface area contributed by atoms with Crippen LogP contribution in [-0.2, 0) is 13.0 Å². The molecule has 3 heteroatoms. The van der Waals surface area contributed by atoms with Crippen LogP contribution in [0.4, 0.5) is 11.4 Å². The number of hydrogen-bond donors (Lipinski definition) is 1. The molecule has 2 aromatic rings. The maximum absolute atomic E-state index is 6.09. The molecule has 1 aliphatic rings. The van der Waals surface area contributed by atoms with Crippen LogP contribution < -0.4 is 10.6 Å². The van der Waals surface area contributed by atoms with Gasteiger partial charge in [-0.05, 0) is 48.2 Å². The Morgan fingerprint density at radius 3 is 2.84 bits per heavy atom. The number of nitrogen functional groups attached to an aromatic ring is 1. The molecule has 1 heterocycles. The van der Waals surface area contributed by atoms with E-state index in [0.717, 1.165) is 29.7 Å². The second-order valence-electron chi connectivity index (χ2n) is 5.00. The van der Waals surface area contributed by atoms with Crippen LogP contribution in [0.25, 0.3) is 0 Å². The summed E-state index contributed by atoms with van der Waals surface area (Å²) < 4.78 is 1.13. The van der Waals surface area contributed by atoms with Gasteiger partial charge in [0, 0.05) is 28.9 Å². The maximum Gasteiger partial charge on any atom is 0.0429 e. The molecule has 1 aliphatic heterocycles. The highest BCUT2D eigenvalue weighted by atomic mass is 79.9. The Labute approximate surface area is 122 Å². The van der Waals surface area contributed by atoms with Crippen LogP contribution >= 0.6 is 15.9 Å². The largest absolute Gasteiger partial charge is 0.398 e. The summed E-state index contributed by atoms with van der Waals surface area (Å²) in [4.78, 5) is 2.43. The fraction of sp³-hybridized carbons (Fsp3) is 0.250. The zero-order valence-corrected chi connectivity index (χ0v) is 12.4. The third-order valence-corrected chi connectivity index (χ3v) is 4.14. The Morgan fingerprint density at radius 2 is 2.00 bits per heavy atom. The molecular formula is C16H17BrN2. The minimum atomic E-state index is 0.927. The molecule has 0 saturated carbocycles. The molecule has 0 atom stereocenters. The molecule has 0 unspecified atom stereocenters. The van der Waals surface area contributed by atoms with Crippen LogP contribution in [0.3, 0.4) is 0 Å². The number of benzene rings is 2. The van der Waals surface area contributed by atoms with Gasteiger partial charge in [0.05, 0.1) is 0 Å². The van der Waals surface area contributed by atoms with E-state index in [-0.39, 0.29) is 0 Å². The minimum absolute atomic E-state index is 0.927. The molecule has 0 amide bonds. The van der Waals surface area contributed by atoms with Crippen molar-refractivity contribution in [3.8, 4) is 0 Å². The lowest BCUT2D eigenvalue weighted by atomic mass is 9.99. The molecule has 0 fully saturated rings. The van der Waals surface area contributed by atoms with Crippen molar-refractivity contribution in [2.45, 2.75) is 19.4 Å². The molecule has 0 bridgehead atoms. The Balaban J connectivity index is 1.90. The van der Waals surface area contributed by atoms with E-state index in [9.17, 15) is 0 Å². The van der Waals surface area contributed by atoms with Crippen LogP contribution in [0.1, 0.15) is 17.5 Å². The van der Waals surface area contributed by atoms with Gasteiger partial charge in [0.25, 0.3) is 0 Å². The number of nitrogens with two attached hydrogens (primary N) is 1. The van der Waals surface area contributed by atoms with Crippen molar-refractivity contribution in [2.75, 3.05) is 17.2 Å². The van der Waals surface area contributed by atoms with Crippen molar-refractivity contribution in [1.29, 1.82) is 0 Å². The minimum Gasteiger partial charge on any atom is -0.398 e. The van der Waals surface area contributed by atoms with Gasteiger partial charge in [-0.25, -0.2) is 0 Å². The van der Waals surface area contributed by atoms with Crippen LogP contribution in [0.2, 0.25) is 0 Å². The van der Waals surface area contributed by atoms with Gasteiger partial charge in [-0.3, -0.25) is 0 Å². The summed E-state index contributed by atoms with van der Waals surface area (Å²) in [7, 11) is 0. The van der Waals surface area contributed by atoms with E-state index in [4.69, 9.17) is 5.73 Å². The lowest BCUT2D eigenvalue weighted by Gasteiger charge is -2.32. The molecule has 3 rings (SSSR count). The van der Waals surface area contributed by atoms with E-state index in [1.165, 1.54) is 23.2 Å². The number of fused-ring (bicyclic) bond motifs is 1. The van der Waals surface area contributed by atoms with Gasteiger partial charge in [0.15, 0.2) is 0 Å². The molecule has 0 aromatic heterocycles. The Kier molecular flexibility index (Phi) is 3.47. The quantitative estimate of drug-likeness (QED) is 0.849. The van der Waals surface area contributed by atoms with E-state index in [1.807, 2.05) is 12.1 Å². The van der Waals surface area contributed by atoms with Crippen LogP contribution in [0.5, 0.6) is 0 Å². The molecule has 0 aliphatic carbocycles. The van der Waals surface area contributed by atoms with Crippen LogP contribution in [-0.4, -0.2) is 6.54 Å². The number of halogens is 1. The maximum atomic E-state index is 6.09. The number of anilines is 2. The Hall–Kier alpha value is -1.48. The lowest BCUT2D eigenvalue weighted by molar-refractivity contribution is 0.692. The molecule has 19 heavy (non-hydrogen) atoms. The summed E-state index contributed by atoms with van der Waals surface area (Å²) >= 11 is 3.53. The number of rotatable bonds is 2. The number of nitrogens with zero attached hydrogens (tertiary/aromatic N) is 1. The first-order valence-electron chi connectivity index (χ1n) is 6.61. The van der Waals surface area contributed by atoms with Gasteiger partial charge in [-0.2, -0.15) is 0 Å². The molecule has 98 valence electrons. The topological polar surface area (TPSA) is 29.3 Å². The average molecular weight is 317 g/mol. The number of hydrogen-bond acceptors (Lipinski definition) is 2.